The Hall–Kier alpha value is -0.240. The number of rotatable bonds is 7. The highest BCUT2D eigenvalue weighted by Crippen LogP contribution is 2.23. The first-order valence-electron chi connectivity index (χ1n) is 6.63. The fourth-order valence-electron chi connectivity index (χ4n) is 1.85. The smallest absolute Gasteiger partial charge is 0.0452 e. The number of nitrogens with one attached hydrogen (secondary N) is 1. The molecule has 18 heavy (non-hydrogen) atoms. The van der Waals surface area contributed by atoms with Crippen molar-refractivity contribution < 1.29 is 0 Å². The van der Waals surface area contributed by atoms with Gasteiger partial charge in [-0.25, -0.2) is 0 Å². The first-order valence-corrected chi connectivity index (χ1v) is 7.39. The van der Waals surface area contributed by atoms with Crippen LogP contribution >= 0.6 is 23.2 Å². The minimum atomic E-state index is 0.662. The Morgan fingerprint density at radius 1 is 1.11 bits per heavy atom. The van der Waals surface area contributed by atoms with E-state index in [-0.39, 0.29) is 0 Å². The number of hydrogen-bond donors (Lipinski definition) is 1. The molecule has 0 aliphatic heterocycles. The van der Waals surface area contributed by atoms with Crippen LogP contribution in [0.1, 0.15) is 32.8 Å². The Bertz CT molecular complexity index is 364. The van der Waals surface area contributed by atoms with Crippen molar-refractivity contribution in [3.63, 3.8) is 0 Å². The quantitative estimate of drug-likeness (QED) is 0.759. The maximum absolute atomic E-state index is 6.16. The van der Waals surface area contributed by atoms with E-state index in [0.29, 0.717) is 16.9 Å². The summed E-state index contributed by atoms with van der Waals surface area (Å²) in [5.74, 6) is 1.37. The second-order valence-corrected chi connectivity index (χ2v) is 6.28. The van der Waals surface area contributed by atoms with Crippen molar-refractivity contribution in [1.29, 1.82) is 0 Å². The molecule has 0 aliphatic carbocycles. The van der Waals surface area contributed by atoms with Crippen LogP contribution in [0.4, 0.5) is 0 Å². The average molecular weight is 288 g/mol. The summed E-state index contributed by atoms with van der Waals surface area (Å²) >= 11 is 12.0. The predicted octanol–water partition coefficient (Wildman–Crippen LogP) is 4.81. The standard InChI is InChI=1S/C15H23Cl2N/c1-11(2)9-18-10-12(3)4-5-13-6-7-14(16)8-15(13)17/h6-8,11-12,18H,4-5,9-10H2,1-3H3. The van der Waals surface area contributed by atoms with Gasteiger partial charge in [0.25, 0.3) is 0 Å². The van der Waals surface area contributed by atoms with E-state index >= 15 is 0 Å². The summed E-state index contributed by atoms with van der Waals surface area (Å²) in [5, 5.41) is 4.98. The summed E-state index contributed by atoms with van der Waals surface area (Å²) in [4.78, 5) is 0. The minimum Gasteiger partial charge on any atom is -0.316 e. The maximum atomic E-state index is 6.16. The topological polar surface area (TPSA) is 12.0 Å². The van der Waals surface area contributed by atoms with Gasteiger partial charge in [-0.1, -0.05) is 50.0 Å². The van der Waals surface area contributed by atoms with Gasteiger partial charge in [0.1, 0.15) is 0 Å². The van der Waals surface area contributed by atoms with Crippen molar-refractivity contribution in [3.05, 3.63) is 33.8 Å². The number of halogens is 2. The molecule has 0 aromatic heterocycles. The molecular weight excluding hydrogens is 265 g/mol. The van der Waals surface area contributed by atoms with Crippen LogP contribution in [0.5, 0.6) is 0 Å². The molecule has 1 nitrogen and oxygen atoms in total. The highest BCUT2D eigenvalue weighted by Gasteiger charge is 2.06. The van der Waals surface area contributed by atoms with Gasteiger partial charge in [-0.05, 0) is 55.5 Å². The molecule has 0 saturated heterocycles. The SMILES string of the molecule is CC(C)CNCC(C)CCc1ccc(Cl)cc1Cl. The molecule has 0 amide bonds. The molecule has 0 fully saturated rings. The molecule has 3 heteroatoms. The van der Waals surface area contributed by atoms with Gasteiger partial charge in [0.2, 0.25) is 0 Å². The van der Waals surface area contributed by atoms with Crippen molar-refractivity contribution in [2.75, 3.05) is 13.1 Å². The molecule has 0 heterocycles. The molecule has 0 aliphatic rings. The Labute approximate surface area is 121 Å². The molecule has 0 spiro atoms. The Kier molecular flexibility index (Phi) is 7.06. The Morgan fingerprint density at radius 2 is 1.83 bits per heavy atom. The van der Waals surface area contributed by atoms with Crippen LogP contribution < -0.4 is 5.32 Å². The monoisotopic (exact) mass is 287 g/mol. The van der Waals surface area contributed by atoms with Crippen molar-refractivity contribution in [1.82, 2.24) is 5.32 Å². The third-order valence-electron chi connectivity index (χ3n) is 2.97. The molecule has 0 radical (unpaired) electrons. The van der Waals surface area contributed by atoms with E-state index in [9.17, 15) is 0 Å². The molecule has 1 atom stereocenters. The van der Waals surface area contributed by atoms with E-state index in [2.05, 4.69) is 26.1 Å². The summed E-state index contributed by atoms with van der Waals surface area (Å²) in [6.07, 6.45) is 2.16. The van der Waals surface area contributed by atoms with E-state index in [1.54, 1.807) is 0 Å². The van der Waals surface area contributed by atoms with Crippen LogP contribution in [-0.2, 0) is 6.42 Å². The number of hydrogen-bond acceptors (Lipinski definition) is 1. The molecule has 1 aromatic carbocycles. The zero-order valence-electron chi connectivity index (χ0n) is 11.5. The van der Waals surface area contributed by atoms with Crippen molar-refractivity contribution >= 4 is 23.2 Å². The van der Waals surface area contributed by atoms with Crippen molar-refractivity contribution in [3.8, 4) is 0 Å². The third kappa shape index (κ3) is 6.08. The Balaban J connectivity index is 2.31. The molecule has 0 bridgehead atoms. The number of benzene rings is 1. The predicted molar refractivity (Wildman–Crippen MR) is 81.7 cm³/mol. The summed E-state index contributed by atoms with van der Waals surface area (Å²) < 4.78 is 0. The summed E-state index contributed by atoms with van der Waals surface area (Å²) in [5.41, 5.74) is 1.19. The lowest BCUT2D eigenvalue weighted by molar-refractivity contribution is 0.454. The lowest BCUT2D eigenvalue weighted by atomic mass is 10.0. The molecule has 1 N–H and O–H groups in total. The second-order valence-electron chi connectivity index (χ2n) is 5.43. The molecule has 1 aromatic rings. The van der Waals surface area contributed by atoms with Crippen LogP contribution in [0.2, 0.25) is 10.0 Å². The van der Waals surface area contributed by atoms with Gasteiger partial charge in [-0.15, -0.1) is 0 Å². The van der Waals surface area contributed by atoms with Crippen LogP contribution in [-0.4, -0.2) is 13.1 Å². The van der Waals surface area contributed by atoms with Gasteiger partial charge < -0.3 is 5.32 Å². The van der Waals surface area contributed by atoms with Gasteiger partial charge in [0.15, 0.2) is 0 Å². The van der Waals surface area contributed by atoms with Crippen LogP contribution in [0.3, 0.4) is 0 Å². The van der Waals surface area contributed by atoms with Gasteiger partial charge in [0.05, 0.1) is 0 Å². The van der Waals surface area contributed by atoms with Gasteiger partial charge in [-0.2, -0.15) is 0 Å². The summed E-state index contributed by atoms with van der Waals surface area (Å²) in [6.45, 7) is 8.89. The molecule has 1 unspecified atom stereocenters. The van der Waals surface area contributed by atoms with E-state index in [0.717, 1.165) is 31.0 Å². The van der Waals surface area contributed by atoms with E-state index < -0.39 is 0 Å². The van der Waals surface area contributed by atoms with E-state index in [1.807, 2.05) is 18.2 Å². The van der Waals surface area contributed by atoms with Gasteiger partial charge in [0, 0.05) is 10.0 Å². The normalized spacial score (nSPS) is 13.0. The van der Waals surface area contributed by atoms with Crippen molar-refractivity contribution in [2.45, 2.75) is 33.6 Å². The lowest BCUT2D eigenvalue weighted by Crippen LogP contribution is -2.25. The fraction of sp³-hybridized carbons (Fsp3) is 0.600. The third-order valence-corrected chi connectivity index (χ3v) is 3.55. The zero-order chi connectivity index (χ0) is 13.5. The largest absolute Gasteiger partial charge is 0.316 e. The number of aryl methyl sites for hydroxylation is 1. The summed E-state index contributed by atoms with van der Waals surface area (Å²) in [7, 11) is 0. The van der Waals surface area contributed by atoms with Crippen molar-refractivity contribution in [2.24, 2.45) is 11.8 Å². The molecular formula is C15H23Cl2N. The van der Waals surface area contributed by atoms with Gasteiger partial charge >= 0.3 is 0 Å². The van der Waals surface area contributed by atoms with Gasteiger partial charge in [-0.3, -0.25) is 0 Å². The van der Waals surface area contributed by atoms with Crippen LogP contribution in [0, 0.1) is 11.8 Å². The van der Waals surface area contributed by atoms with E-state index in [1.165, 1.54) is 5.56 Å². The fourth-order valence-corrected chi connectivity index (χ4v) is 2.35. The highest BCUT2D eigenvalue weighted by molar-refractivity contribution is 6.35. The molecule has 102 valence electrons. The summed E-state index contributed by atoms with van der Waals surface area (Å²) in [6, 6.07) is 5.75. The first kappa shape index (κ1) is 15.8. The molecule has 0 saturated carbocycles. The Morgan fingerprint density at radius 3 is 2.44 bits per heavy atom. The lowest BCUT2D eigenvalue weighted by Gasteiger charge is -2.14. The minimum absolute atomic E-state index is 0.662. The molecule has 1 rings (SSSR count). The highest BCUT2D eigenvalue weighted by atomic mass is 35.5. The second kappa shape index (κ2) is 8.04. The maximum Gasteiger partial charge on any atom is 0.0452 e. The van der Waals surface area contributed by atoms with Crippen LogP contribution in [0.15, 0.2) is 18.2 Å². The first-order chi connectivity index (χ1) is 8.49. The zero-order valence-corrected chi connectivity index (χ0v) is 13.0. The average Bonchev–Trinajstić information content (AvgIpc) is 2.27. The van der Waals surface area contributed by atoms with Crippen LogP contribution in [0.25, 0.3) is 0 Å². The van der Waals surface area contributed by atoms with E-state index in [4.69, 9.17) is 23.2 Å².